The largest absolute Gasteiger partial charge is 0.346 e. The lowest BCUT2D eigenvalue weighted by Crippen LogP contribution is -2.44. The van der Waals surface area contributed by atoms with Gasteiger partial charge in [0.1, 0.15) is 5.82 Å². The van der Waals surface area contributed by atoms with Gasteiger partial charge in [0.25, 0.3) is 5.91 Å². The SMILES string of the molecule is Cc1ncc(CCN(C[C@H]2CCCN(CC(c3ccccc3)c3ccccc3)C2)C(=O)c2ccc(C#N)cc2)[nH]1. The first-order valence-electron chi connectivity index (χ1n) is 14.2. The Bertz CT molecular complexity index is 1370. The van der Waals surface area contributed by atoms with Gasteiger partial charge in [-0.3, -0.25) is 4.79 Å². The van der Waals surface area contributed by atoms with Crippen LogP contribution in [0, 0.1) is 24.2 Å². The topological polar surface area (TPSA) is 76.0 Å². The van der Waals surface area contributed by atoms with Gasteiger partial charge in [-0.1, -0.05) is 60.7 Å². The first-order chi connectivity index (χ1) is 19.6. The second-order valence-corrected chi connectivity index (χ2v) is 10.8. The monoisotopic (exact) mass is 531 g/mol. The summed E-state index contributed by atoms with van der Waals surface area (Å²) in [4.78, 5) is 25.9. The third-order valence-electron chi connectivity index (χ3n) is 7.88. The van der Waals surface area contributed by atoms with Crippen molar-refractivity contribution in [2.45, 2.75) is 32.1 Å². The Labute approximate surface area is 237 Å². The molecular formula is C34H37N5O. The number of carbonyl (C=O) groups is 1. The van der Waals surface area contributed by atoms with Crippen molar-refractivity contribution in [3.05, 3.63) is 125 Å². The highest BCUT2D eigenvalue weighted by Gasteiger charge is 2.27. The van der Waals surface area contributed by atoms with Crippen molar-refractivity contribution in [2.24, 2.45) is 5.92 Å². The molecule has 0 aliphatic carbocycles. The summed E-state index contributed by atoms with van der Waals surface area (Å²) >= 11 is 0. The van der Waals surface area contributed by atoms with E-state index in [-0.39, 0.29) is 5.91 Å². The molecule has 3 aromatic carbocycles. The highest BCUT2D eigenvalue weighted by atomic mass is 16.2. The van der Waals surface area contributed by atoms with Gasteiger partial charge in [-0.25, -0.2) is 4.98 Å². The van der Waals surface area contributed by atoms with Crippen molar-refractivity contribution in [1.29, 1.82) is 5.26 Å². The zero-order valence-electron chi connectivity index (χ0n) is 23.2. The Hall–Kier alpha value is -4.21. The van der Waals surface area contributed by atoms with Crippen molar-refractivity contribution in [1.82, 2.24) is 19.8 Å². The zero-order valence-corrected chi connectivity index (χ0v) is 23.2. The first kappa shape index (κ1) is 27.4. The normalized spacial score (nSPS) is 15.6. The molecule has 0 unspecified atom stereocenters. The highest BCUT2D eigenvalue weighted by Crippen LogP contribution is 2.28. The van der Waals surface area contributed by atoms with Crippen LogP contribution in [0.2, 0.25) is 0 Å². The molecule has 5 rings (SSSR count). The van der Waals surface area contributed by atoms with Crippen LogP contribution >= 0.6 is 0 Å². The van der Waals surface area contributed by atoms with Crippen LogP contribution in [0.4, 0.5) is 0 Å². The molecule has 1 aromatic heterocycles. The first-order valence-corrected chi connectivity index (χ1v) is 14.2. The molecule has 1 saturated heterocycles. The van der Waals surface area contributed by atoms with E-state index in [9.17, 15) is 10.1 Å². The van der Waals surface area contributed by atoms with Crippen LogP contribution in [-0.4, -0.2) is 58.4 Å². The zero-order chi connectivity index (χ0) is 27.7. The number of rotatable bonds is 10. The summed E-state index contributed by atoms with van der Waals surface area (Å²) < 4.78 is 0. The number of nitrogens with one attached hydrogen (secondary N) is 1. The fraction of sp³-hybridized carbons (Fsp3) is 0.324. The van der Waals surface area contributed by atoms with Crippen LogP contribution in [0.15, 0.2) is 91.1 Å². The third-order valence-corrected chi connectivity index (χ3v) is 7.88. The van der Waals surface area contributed by atoms with Crippen molar-refractivity contribution < 1.29 is 4.79 Å². The van der Waals surface area contributed by atoms with E-state index in [1.165, 1.54) is 11.1 Å². The predicted octanol–water partition coefficient (Wildman–Crippen LogP) is 5.82. The molecule has 0 bridgehead atoms. The number of likely N-dealkylation sites (tertiary alicyclic amines) is 1. The van der Waals surface area contributed by atoms with Crippen LogP contribution in [0.3, 0.4) is 0 Å². The molecule has 1 fully saturated rings. The van der Waals surface area contributed by atoms with Crippen LogP contribution < -0.4 is 0 Å². The molecular weight excluding hydrogens is 494 g/mol. The van der Waals surface area contributed by atoms with E-state index in [1.54, 1.807) is 24.3 Å². The fourth-order valence-electron chi connectivity index (χ4n) is 5.81. The van der Waals surface area contributed by atoms with Gasteiger partial charge in [0, 0.05) is 56.0 Å². The Morgan fingerprint density at radius 2 is 1.73 bits per heavy atom. The summed E-state index contributed by atoms with van der Waals surface area (Å²) in [5.74, 6) is 1.60. The van der Waals surface area contributed by atoms with Crippen LogP contribution in [0.1, 0.15) is 57.3 Å². The molecule has 0 radical (unpaired) electrons. The molecule has 6 heteroatoms. The molecule has 204 valence electrons. The summed E-state index contributed by atoms with van der Waals surface area (Å²) in [6.07, 6.45) is 4.82. The van der Waals surface area contributed by atoms with E-state index in [1.807, 2.05) is 18.0 Å². The van der Waals surface area contributed by atoms with E-state index >= 15 is 0 Å². The number of carbonyl (C=O) groups excluding carboxylic acids is 1. The number of hydrogen-bond donors (Lipinski definition) is 1. The lowest BCUT2D eigenvalue weighted by Gasteiger charge is -2.37. The highest BCUT2D eigenvalue weighted by molar-refractivity contribution is 5.94. The second kappa shape index (κ2) is 13.2. The van der Waals surface area contributed by atoms with Gasteiger partial charge in [0.05, 0.1) is 11.6 Å². The third kappa shape index (κ3) is 7.05. The number of piperidine rings is 1. The van der Waals surface area contributed by atoms with Gasteiger partial charge < -0.3 is 14.8 Å². The number of aryl methyl sites for hydroxylation is 1. The number of nitrogens with zero attached hydrogens (tertiary/aromatic N) is 4. The summed E-state index contributed by atoms with van der Waals surface area (Å²) in [6.45, 7) is 6.27. The second-order valence-electron chi connectivity index (χ2n) is 10.8. The molecule has 6 nitrogen and oxygen atoms in total. The molecule has 2 heterocycles. The molecule has 1 aliphatic rings. The van der Waals surface area contributed by atoms with Crippen molar-refractivity contribution in [3.63, 3.8) is 0 Å². The average molecular weight is 532 g/mol. The van der Waals surface area contributed by atoms with Gasteiger partial charge in [-0.2, -0.15) is 5.26 Å². The number of imidazole rings is 1. The Kier molecular flexibility index (Phi) is 9.05. The number of H-pyrrole nitrogens is 1. The number of nitriles is 1. The number of benzene rings is 3. The van der Waals surface area contributed by atoms with E-state index in [0.29, 0.717) is 36.1 Å². The van der Waals surface area contributed by atoms with E-state index in [2.05, 4.69) is 81.6 Å². The van der Waals surface area contributed by atoms with E-state index in [0.717, 1.165) is 50.4 Å². The maximum atomic E-state index is 13.7. The Morgan fingerprint density at radius 3 is 2.33 bits per heavy atom. The van der Waals surface area contributed by atoms with E-state index in [4.69, 9.17) is 0 Å². The minimum absolute atomic E-state index is 0.0179. The molecule has 1 amide bonds. The van der Waals surface area contributed by atoms with Gasteiger partial charge in [-0.15, -0.1) is 0 Å². The standard InChI is InChI=1S/C34H37N5O/c1-26-36-22-32(37-26)18-20-39(34(40)31-16-14-27(21-35)15-17-31)24-28-9-8-19-38(23-28)25-33(29-10-4-2-5-11-29)30-12-6-3-7-13-30/h2-7,10-17,22,28,33H,8-9,18-20,23-25H2,1H3,(H,36,37)/t28-/m0/s1. The average Bonchev–Trinajstić information content (AvgIpc) is 3.43. The number of amides is 1. The van der Waals surface area contributed by atoms with Gasteiger partial charge in [0.2, 0.25) is 0 Å². The quantitative estimate of drug-likeness (QED) is 0.280. The van der Waals surface area contributed by atoms with Crippen molar-refractivity contribution in [3.8, 4) is 6.07 Å². The van der Waals surface area contributed by atoms with Crippen LogP contribution in [0.25, 0.3) is 0 Å². The van der Waals surface area contributed by atoms with Crippen molar-refractivity contribution >= 4 is 5.91 Å². The molecule has 0 saturated carbocycles. The van der Waals surface area contributed by atoms with E-state index < -0.39 is 0 Å². The number of aromatic nitrogens is 2. The summed E-state index contributed by atoms with van der Waals surface area (Å²) in [5, 5.41) is 9.18. The lowest BCUT2D eigenvalue weighted by atomic mass is 9.89. The Balaban J connectivity index is 1.30. The van der Waals surface area contributed by atoms with Gasteiger partial charge in [0.15, 0.2) is 0 Å². The molecule has 40 heavy (non-hydrogen) atoms. The summed E-state index contributed by atoms with van der Waals surface area (Å²) in [6, 6.07) is 30.7. The van der Waals surface area contributed by atoms with Crippen LogP contribution in [-0.2, 0) is 6.42 Å². The molecule has 1 atom stereocenters. The summed E-state index contributed by atoms with van der Waals surface area (Å²) in [7, 11) is 0. The van der Waals surface area contributed by atoms with Crippen LogP contribution in [0.5, 0.6) is 0 Å². The molecule has 4 aromatic rings. The maximum absolute atomic E-state index is 13.7. The smallest absolute Gasteiger partial charge is 0.253 e. The lowest BCUT2D eigenvalue weighted by molar-refractivity contribution is 0.0678. The van der Waals surface area contributed by atoms with Crippen molar-refractivity contribution in [2.75, 3.05) is 32.7 Å². The molecule has 0 spiro atoms. The molecule has 1 N–H and O–H groups in total. The summed E-state index contributed by atoms with van der Waals surface area (Å²) in [5.41, 5.74) is 4.89. The molecule has 1 aliphatic heterocycles. The minimum Gasteiger partial charge on any atom is -0.346 e. The minimum atomic E-state index is 0.0179. The number of hydrogen-bond acceptors (Lipinski definition) is 4. The maximum Gasteiger partial charge on any atom is 0.253 e. The predicted molar refractivity (Wildman–Crippen MR) is 158 cm³/mol. The van der Waals surface area contributed by atoms with Gasteiger partial charge in [-0.05, 0) is 67.6 Å². The fourth-order valence-corrected chi connectivity index (χ4v) is 5.81. The van der Waals surface area contributed by atoms with Gasteiger partial charge >= 0.3 is 0 Å². The Morgan fingerprint density at radius 1 is 1.05 bits per heavy atom. The number of aromatic amines is 1.